The molecule has 8 nitrogen and oxygen atoms in total. The second-order valence-electron chi connectivity index (χ2n) is 5.21. The van der Waals surface area contributed by atoms with E-state index in [0.29, 0.717) is 17.9 Å². The van der Waals surface area contributed by atoms with E-state index in [1.165, 1.54) is 22.9 Å². The average Bonchev–Trinajstić information content (AvgIpc) is 2.63. The molecular weight excluding hydrogens is 322 g/mol. The lowest BCUT2D eigenvalue weighted by Gasteiger charge is -2.07. The normalized spacial score (nSPS) is 10.4. The smallest absolute Gasteiger partial charge is 0.276 e. The summed E-state index contributed by atoms with van der Waals surface area (Å²) in [5.41, 5.74) is 1.63. The van der Waals surface area contributed by atoms with Gasteiger partial charge in [-0.15, -0.1) is 0 Å². The maximum absolute atomic E-state index is 12.2. The molecule has 2 heterocycles. The van der Waals surface area contributed by atoms with Crippen molar-refractivity contribution in [1.82, 2.24) is 20.0 Å². The third kappa shape index (κ3) is 3.69. The first-order valence-corrected chi connectivity index (χ1v) is 7.62. The first kappa shape index (κ1) is 16.3. The minimum absolute atomic E-state index is 0.160. The second-order valence-corrected chi connectivity index (χ2v) is 5.21. The number of aromatic nitrogens is 4. The summed E-state index contributed by atoms with van der Waals surface area (Å²) in [5, 5.41) is 13.0. The average molecular weight is 337 g/mol. The molecular formula is C17H15N5O3. The topological polar surface area (TPSA) is 110 Å². The number of hydrogen-bond acceptors (Lipinski definition) is 5. The number of carbonyl (C=O) groups is 1. The van der Waals surface area contributed by atoms with E-state index in [4.69, 9.17) is 0 Å². The molecule has 126 valence electrons. The number of benzene rings is 1. The maximum atomic E-state index is 12.2. The predicted molar refractivity (Wildman–Crippen MR) is 92.4 cm³/mol. The van der Waals surface area contributed by atoms with Gasteiger partial charge >= 0.3 is 0 Å². The fourth-order valence-corrected chi connectivity index (χ4v) is 2.22. The Hall–Kier alpha value is -3.55. The van der Waals surface area contributed by atoms with E-state index in [0.717, 1.165) is 5.56 Å². The zero-order chi connectivity index (χ0) is 17.8. The van der Waals surface area contributed by atoms with Gasteiger partial charge in [0.05, 0.1) is 5.69 Å². The van der Waals surface area contributed by atoms with E-state index in [-0.39, 0.29) is 16.8 Å². The molecule has 0 atom stereocenters. The Kier molecular flexibility index (Phi) is 4.51. The standard InChI is InChI=1S/C17H15N5O3/c1-2-22-16(24)10-8-14(21-22)17(25)18-12-5-3-11(4-6-12)13-7-9-15(23)20-19-13/h3-10H,2H2,1H3,(H,18,25)(H,20,23). The van der Waals surface area contributed by atoms with Crippen molar-refractivity contribution < 1.29 is 4.79 Å². The van der Waals surface area contributed by atoms with E-state index < -0.39 is 5.91 Å². The number of nitrogens with one attached hydrogen (secondary N) is 2. The molecule has 1 amide bonds. The Bertz CT molecular complexity index is 1000. The van der Waals surface area contributed by atoms with Gasteiger partial charge in [-0.1, -0.05) is 12.1 Å². The molecule has 2 N–H and O–H groups in total. The summed E-state index contributed by atoms with van der Waals surface area (Å²) in [5.74, 6) is -0.405. The predicted octanol–water partition coefficient (Wildman–Crippen LogP) is 1.27. The number of nitrogens with zero attached hydrogens (tertiary/aromatic N) is 3. The molecule has 0 unspecified atom stereocenters. The van der Waals surface area contributed by atoms with Crippen LogP contribution in [-0.2, 0) is 6.54 Å². The van der Waals surface area contributed by atoms with Gasteiger partial charge in [0.25, 0.3) is 17.0 Å². The van der Waals surface area contributed by atoms with Gasteiger partial charge in [-0.05, 0) is 31.2 Å². The van der Waals surface area contributed by atoms with Crippen LogP contribution in [0.15, 0.2) is 58.1 Å². The van der Waals surface area contributed by atoms with Gasteiger partial charge in [-0.25, -0.2) is 9.78 Å². The van der Waals surface area contributed by atoms with E-state index in [1.807, 2.05) is 0 Å². The van der Waals surface area contributed by atoms with Crippen LogP contribution >= 0.6 is 0 Å². The van der Waals surface area contributed by atoms with Crippen LogP contribution in [0, 0.1) is 0 Å². The van der Waals surface area contributed by atoms with Crippen LogP contribution in [0.1, 0.15) is 17.4 Å². The van der Waals surface area contributed by atoms with Crippen molar-refractivity contribution in [3.8, 4) is 11.3 Å². The molecule has 0 radical (unpaired) electrons. The Morgan fingerprint density at radius 2 is 1.84 bits per heavy atom. The number of rotatable bonds is 4. The molecule has 1 aromatic carbocycles. The van der Waals surface area contributed by atoms with Crippen LogP contribution in [0.25, 0.3) is 11.3 Å². The summed E-state index contributed by atoms with van der Waals surface area (Å²) in [7, 11) is 0. The highest BCUT2D eigenvalue weighted by Gasteiger charge is 2.10. The van der Waals surface area contributed by atoms with Gasteiger partial charge in [0.15, 0.2) is 0 Å². The zero-order valence-electron chi connectivity index (χ0n) is 13.4. The molecule has 0 bridgehead atoms. The molecule has 2 aromatic heterocycles. The molecule has 3 aromatic rings. The highest BCUT2D eigenvalue weighted by Crippen LogP contribution is 2.18. The van der Waals surface area contributed by atoms with Crippen LogP contribution in [0.4, 0.5) is 5.69 Å². The van der Waals surface area contributed by atoms with E-state index in [2.05, 4.69) is 20.6 Å². The van der Waals surface area contributed by atoms with Crippen LogP contribution in [0.2, 0.25) is 0 Å². The molecule has 0 saturated heterocycles. The first-order valence-electron chi connectivity index (χ1n) is 7.62. The lowest BCUT2D eigenvalue weighted by atomic mass is 10.1. The summed E-state index contributed by atoms with van der Waals surface area (Å²) in [4.78, 5) is 34.8. The van der Waals surface area contributed by atoms with Gasteiger partial charge in [-0.3, -0.25) is 14.4 Å². The molecule has 0 aliphatic rings. The van der Waals surface area contributed by atoms with E-state index in [1.54, 1.807) is 37.3 Å². The molecule has 0 aliphatic carbocycles. The zero-order valence-corrected chi connectivity index (χ0v) is 13.4. The van der Waals surface area contributed by atoms with Gasteiger partial charge in [0.1, 0.15) is 5.69 Å². The fraction of sp³-hybridized carbons (Fsp3) is 0.118. The molecule has 0 fully saturated rings. The molecule has 0 spiro atoms. The van der Waals surface area contributed by atoms with Crippen molar-refractivity contribution >= 4 is 11.6 Å². The summed E-state index contributed by atoms with van der Waals surface area (Å²) in [6.45, 7) is 2.17. The highest BCUT2D eigenvalue weighted by atomic mass is 16.2. The maximum Gasteiger partial charge on any atom is 0.276 e. The number of carbonyl (C=O) groups excluding carboxylic acids is 1. The van der Waals surface area contributed by atoms with Crippen molar-refractivity contribution in [2.75, 3.05) is 5.32 Å². The minimum Gasteiger partial charge on any atom is -0.321 e. The number of aryl methyl sites for hydroxylation is 1. The molecule has 8 heteroatoms. The van der Waals surface area contributed by atoms with Crippen LogP contribution < -0.4 is 16.4 Å². The van der Waals surface area contributed by atoms with Gasteiger partial charge in [0, 0.05) is 29.9 Å². The Morgan fingerprint density at radius 1 is 1.08 bits per heavy atom. The summed E-state index contributed by atoms with van der Waals surface area (Å²) >= 11 is 0. The van der Waals surface area contributed by atoms with Crippen molar-refractivity contribution in [2.24, 2.45) is 0 Å². The van der Waals surface area contributed by atoms with Crippen molar-refractivity contribution in [1.29, 1.82) is 0 Å². The largest absolute Gasteiger partial charge is 0.321 e. The SMILES string of the molecule is CCn1nc(C(=O)Nc2ccc(-c3ccc(=O)[nH]n3)cc2)ccc1=O. The van der Waals surface area contributed by atoms with E-state index in [9.17, 15) is 14.4 Å². The monoisotopic (exact) mass is 337 g/mol. The number of H-pyrrole nitrogens is 1. The van der Waals surface area contributed by atoms with Gasteiger partial charge in [-0.2, -0.15) is 10.2 Å². The number of anilines is 1. The lowest BCUT2D eigenvalue weighted by molar-refractivity contribution is 0.102. The number of hydrogen-bond donors (Lipinski definition) is 2. The van der Waals surface area contributed by atoms with Crippen molar-refractivity contribution in [3.63, 3.8) is 0 Å². The summed E-state index contributed by atoms with van der Waals surface area (Å²) in [6, 6.07) is 12.7. The van der Waals surface area contributed by atoms with E-state index >= 15 is 0 Å². The van der Waals surface area contributed by atoms with Crippen LogP contribution in [0.3, 0.4) is 0 Å². The third-order valence-electron chi connectivity index (χ3n) is 3.52. The van der Waals surface area contributed by atoms with Gasteiger partial charge in [0.2, 0.25) is 0 Å². The molecule has 0 aliphatic heterocycles. The lowest BCUT2D eigenvalue weighted by Crippen LogP contribution is -2.25. The first-order chi connectivity index (χ1) is 12.1. The Labute approximate surface area is 142 Å². The highest BCUT2D eigenvalue weighted by molar-refractivity contribution is 6.02. The number of amides is 1. The van der Waals surface area contributed by atoms with Crippen molar-refractivity contribution in [2.45, 2.75) is 13.5 Å². The fourth-order valence-electron chi connectivity index (χ4n) is 2.22. The molecule has 3 rings (SSSR count). The van der Waals surface area contributed by atoms with Crippen LogP contribution in [0.5, 0.6) is 0 Å². The number of aromatic amines is 1. The van der Waals surface area contributed by atoms with Gasteiger partial charge < -0.3 is 5.32 Å². The quantitative estimate of drug-likeness (QED) is 0.745. The van der Waals surface area contributed by atoms with Crippen LogP contribution in [-0.4, -0.2) is 25.9 Å². The Balaban J connectivity index is 1.77. The molecule has 0 saturated carbocycles. The summed E-state index contributed by atoms with van der Waals surface area (Å²) < 4.78 is 1.22. The molecule has 25 heavy (non-hydrogen) atoms. The second kappa shape index (κ2) is 6.91. The Morgan fingerprint density at radius 3 is 2.48 bits per heavy atom. The minimum atomic E-state index is -0.405. The summed E-state index contributed by atoms with van der Waals surface area (Å²) in [6.07, 6.45) is 0. The van der Waals surface area contributed by atoms with Crippen molar-refractivity contribution in [3.05, 3.63) is 74.9 Å². The third-order valence-corrected chi connectivity index (χ3v) is 3.52.